The molecule has 2 aliphatic rings. The molecular weight excluding hydrogens is 498 g/mol. The highest BCUT2D eigenvalue weighted by atomic mass is 32.1. The Morgan fingerprint density at radius 1 is 1.15 bits per heavy atom. The lowest BCUT2D eigenvalue weighted by Gasteiger charge is -2.37. The van der Waals surface area contributed by atoms with Crippen LogP contribution in [0.15, 0.2) is 11.6 Å². The highest BCUT2D eigenvalue weighted by Crippen LogP contribution is 2.24. The van der Waals surface area contributed by atoms with Crippen molar-refractivity contribution in [2.75, 3.05) is 53.4 Å². The number of alkyl halides is 6. The molecule has 2 aliphatic heterocycles. The van der Waals surface area contributed by atoms with Crippen molar-refractivity contribution in [1.82, 2.24) is 19.7 Å². The first kappa shape index (κ1) is 30.0. The number of hydrogen-bond donors (Lipinski definition) is 2. The average molecular weight is 524 g/mol. The quantitative estimate of drug-likeness (QED) is 0.559. The molecule has 0 bridgehead atoms. The van der Waals surface area contributed by atoms with Crippen molar-refractivity contribution in [1.29, 1.82) is 0 Å². The molecule has 0 unspecified atom stereocenters. The van der Waals surface area contributed by atoms with Crippen molar-refractivity contribution < 1.29 is 50.9 Å². The second-order valence-electron chi connectivity index (χ2n) is 7.54. The first-order valence-corrected chi connectivity index (χ1v) is 10.7. The minimum absolute atomic E-state index is 0.380. The summed E-state index contributed by atoms with van der Waals surface area (Å²) in [6.07, 6.45) is -7.89. The highest BCUT2D eigenvalue weighted by molar-refractivity contribution is 7.09. The van der Waals surface area contributed by atoms with Crippen molar-refractivity contribution in [3.63, 3.8) is 0 Å². The maximum absolute atomic E-state index is 10.6. The van der Waals surface area contributed by atoms with Gasteiger partial charge in [0, 0.05) is 50.3 Å². The fraction of sp³-hybridized carbons (Fsp3) is 0.722. The van der Waals surface area contributed by atoms with Crippen LogP contribution in [0.1, 0.15) is 5.01 Å². The number of rotatable bonds is 5. The Morgan fingerprint density at radius 3 is 2.15 bits per heavy atom. The molecule has 1 aromatic heterocycles. The third-order valence-electron chi connectivity index (χ3n) is 4.65. The number of aliphatic carboxylic acids is 2. The molecular formula is C18H26F6N4O5S. The Kier molecular flexibility index (Phi) is 11.6. The molecule has 1 aromatic rings. The maximum atomic E-state index is 10.6. The van der Waals surface area contributed by atoms with Gasteiger partial charge in [0.25, 0.3) is 0 Å². The summed E-state index contributed by atoms with van der Waals surface area (Å²) in [7, 11) is 4.28. The van der Waals surface area contributed by atoms with E-state index in [0.717, 1.165) is 45.9 Å². The van der Waals surface area contributed by atoms with Crippen LogP contribution >= 0.6 is 11.3 Å². The Bertz CT molecular complexity index is 739. The number of carboxylic acid groups (broad SMARTS) is 2. The molecule has 16 heteroatoms. The fourth-order valence-electron chi connectivity index (χ4n) is 3.09. The van der Waals surface area contributed by atoms with Gasteiger partial charge in [0.2, 0.25) is 0 Å². The summed E-state index contributed by atoms with van der Waals surface area (Å²) in [6.45, 7) is 7.33. The smallest absolute Gasteiger partial charge is 0.475 e. The number of carboxylic acids is 2. The van der Waals surface area contributed by atoms with Crippen LogP contribution in [0, 0.1) is 0 Å². The van der Waals surface area contributed by atoms with Crippen molar-refractivity contribution in [3.8, 4) is 0 Å². The normalized spacial score (nSPS) is 21.2. The third kappa shape index (κ3) is 10.9. The van der Waals surface area contributed by atoms with Gasteiger partial charge >= 0.3 is 24.3 Å². The van der Waals surface area contributed by atoms with E-state index >= 15 is 0 Å². The largest absolute Gasteiger partial charge is 0.490 e. The molecule has 34 heavy (non-hydrogen) atoms. The summed E-state index contributed by atoms with van der Waals surface area (Å²) in [5, 5.41) is 17.5. The Morgan fingerprint density at radius 2 is 1.71 bits per heavy atom. The molecule has 2 N–H and O–H groups in total. The number of halogens is 6. The zero-order chi connectivity index (χ0) is 26.1. The summed E-state index contributed by atoms with van der Waals surface area (Å²) in [4.78, 5) is 29.5. The lowest BCUT2D eigenvalue weighted by molar-refractivity contribution is -0.193. The van der Waals surface area contributed by atoms with Crippen LogP contribution in [0.25, 0.3) is 0 Å². The molecule has 0 radical (unpaired) electrons. The van der Waals surface area contributed by atoms with E-state index in [0.29, 0.717) is 12.1 Å². The van der Waals surface area contributed by atoms with Crippen LogP contribution < -0.4 is 0 Å². The number of likely N-dealkylation sites (tertiary alicyclic amines) is 1. The van der Waals surface area contributed by atoms with Crippen molar-refractivity contribution in [2.45, 2.75) is 31.0 Å². The second kappa shape index (κ2) is 13.2. The number of likely N-dealkylation sites (N-methyl/N-ethyl adjacent to an activating group) is 1. The molecule has 0 amide bonds. The van der Waals surface area contributed by atoms with Crippen LogP contribution in [0.2, 0.25) is 0 Å². The summed E-state index contributed by atoms with van der Waals surface area (Å²) >= 11 is 1.74. The van der Waals surface area contributed by atoms with Gasteiger partial charge in [-0.1, -0.05) is 0 Å². The number of ether oxygens (including phenoxy) is 1. The van der Waals surface area contributed by atoms with E-state index in [1.54, 1.807) is 11.3 Å². The summed E-state index contributed by atoms with van der Waals surface area (Å²) in [5.41, 5.74) is 0. The van der Waals surface area contributed by atoms with E-state index < -0.39 is 24.3 Å². The van der Waals surface area contributed by atoms with Crippen LogP contribution in [0.3, 0.4) is 0 Å². The van der Waals surface area contributed by atoms with Gasteiger partial charge in [-0.05, 0) is 14.1 Å². The predicted molar refractivity (Wildman–Crippen MR) is 108 cm³/mol. The van der Waals surface area contributed by atoms with E-state index in [2.05, 4.69) is 39.2 Å². The third-order valence-corrected chi connectivity index (χ3v) is 5.42. The van der Waals surface area contributed by atoms with Crippen molar-refractivity contribution in [2.24, 2.45) is 0 Å². The summed E-state index contributed by atoms with van der Waals surface area (Å²) < 4.78 is 69.4. The van der Waals surface area contributed by atoms with Crippen LogP contribution in [0.5, 0.6) is 0 Å². The molecule has 0 aromatic carbocycles. The van der Waals surface area contributed by atoms with E-state index in [1.807, 2.05) is 6.20 Å². The Hall–Kier alpha value is -2.01. The van der Waals surface area contributed by atoms with E-state index in [9.17, 15) is 26.3 Å². The minimum atomic E-state index is -5.08. The first-order valence-electron chi connectivity index (χ1n) is 9.82. The summed E-state index contributed by atoms with van der Waals surface area (Å²) in [6, 6.07) is 0.559. The molecule has 0 aliphatic carbocycles. The number of aromatic nitrogens is 1. The lowest BCUT2D eigenvalue weighted by atomic mass is 10.1. The average Bonchev–Trinajstić information content (AvgIpc) is 3.35. The van der Waals surface area contributed by atoms with Gasteiger partial charge in [-0.15, -0.1) is 11.3 Å². The Labute approximate surface area is 195 Å². The van der Waals surface area contributed by atoms with Crippen LogP contribution in [-0.4, -0.2) is 120 Å². The van der Waals surface area contributed by atoms with Gasteiger partial charge in [0.15, 0.2) is 0 Å². The molecule has 3 heterocycles. The number of nitrogens with zero attached hydrogens (tertiary/aromatic N) is 4. The molecule has 0 spiro atoms. The number of fused-ring (bicyclic) bond motifs is 1. The molecule has 2 atom stereocenters. The highest BCUT2D eigenvalue weighted by Gasteiger charge is 2.40. The van der Waals surface area contributed by atoms with Gasteiger partial charge in [0.05, 0.1) is 19.3 Å². The zero-order valence-electron chi connectivity index (χ0n) is 18.3. The zero-order valence-corrected chi connectivity index (χ0v) is 19.2. The predicted octanol–water partition coefficient (Wildman–Crippen LogP) is 1.86. The minimum Gasteiger partial charge on any atom is -0.475 e. The van der Waals surface area contributed by atoms with Gasteiger partial charge in [-0.2, -0.15) is 26.3 Å². The van der Waals surface area contributed by atoms with E-state index in [-0.39, 0.29) is 0 Å². The molecule has 0 saturated carbocycles. The van der Waals surface area contributed by atoms with Crippen molar-refractivity contribution in [3.05, 3.63) is 16.6 Å². The van der Waals surface area contributed by atoms with Crippen LogP contribution in [-0.2, 0) is 20.9 Å². The molecule has 2 saturated heterocycles. The van der Waals surface area contributed by atoms with Gasteiger partial charge in [-0.25, -0.2) is 14.6 Å². The standard InChI is InChI=1S/C14H24N4OS.2C2HF3O2/c1-16(2)4-5-18-6-7-19-13-10-17(9-12(13)18)11-14-15-3-8-20-14;2*3-2(4,5)1(6)7/h3,8,12-13H,4-7,9-11H2,1-2H3;2*(H,6,7)/t12-,13+;;/m1../s1. The first-order chi connectivity index (χ1) is 15.6. The number of carbonyl (C=O) groups is 2. The topological polar surface area (TPSA) is 106 Å². The summed E-state index contributed by atoms with van der Waals surface area (Å²) in [5.74, 6) is -5.51. The molecule has 196 valence electrons. The molecule has 3 rings (SSSR count). The lowest BCUT2D eigenvalue weighted by Crippen LogP contribution is -2.52. The van der Waals surface area contributed by atoms with E-state index in [1.165, 1.54) is 5.01 Å². The van der Waals surface area contributed by atoms with Gasteiger partial charge < -0.3 is 19.8 Å². The van der Waals surface area contributed by atoms with Crippen LogP contribution in [0.4, 0.5) is 26.3 Å². The molecule has 9 nitrogen and oxygen atoms in total. The molecule has 2 fully saturated rings. The van der Waals surface area contributed by atoms with Gasteiger partial charge in [-0.3, -0.25) is 9.80 Å². The number of hydrogen-bond acceptors (Lipinski definition) is 8. The maximum Gasteiger partial charge on any atom is 0.490 e. The second-order valence-corrected chi connectivity index (χ2v) is 8.52. The van der Waals surface area contributed by atoms with Gasteiger partial charge in [0.1, 0.15) is 5.01 Å². The van der Waals surface area contributed by atoms with E-state index in [4.69, 9.17) is 24.5 Å². The number of morpholine rings is 1. The number of thiazole rings is 1. The Balaban J connectivity index is 0.000000343. The fourth-order valence-corrected chi connectivity index (χ4v) is 3.75. The van der Waals surface area contributed by atoms with Crippen molar-refractivity contribution >= 4 is 23.3 Å². The SMILES string of the molecule is CN(C)CCN1CCO[C@H]2CN(Cc3nccs3)C[C@H]21.O=C(O)C(F)(F)F.O=C(O)C(F)(F)F. The monoisotopic (exact) mass is 524 g/mol.